The second-order valence-corrected chi connectivity index (χ2v) is 1.92. The maximum absolute atomic E-state index is 5.15. The molecule has 1 fully saturated rings. The van der Waals surface area contributed by atoms with Crippen molar-refractivity contribution in [3.05, 3.63) is 6.61 Å². The molecule has 0 saturated heterocycles. The molecule has 0 N–H and O–H groups in total. The molecule has 1 rings (SSSR count). The lowest BCUT2D eigenvalue weighted by atomic mass is 9.96. The van der Waals surface area contributed by atoms with Gasteiger partial charge in [-0.15, -0.1) is 0 Å². The van der Waals surface area contributed by atoms with Crippen molar-refractivity contribution in [3.63, 3.8) is 0 Å². The highest BCUT2D eigenvalue weighted by atomic mass is 16.5. The summed E-state index contributed by atoms with van der Waals surface area (Å²) in [6.45, 7) is 3.71. The summed E-state index contributed by atoms with van der Waals surface area (Å²) in [5.41, 5.74) is 0. The molecule has 0 heterocycles. The van der Waals surface area contributed by atoms with Crippen LogP contribution < -0.4 is 0 Å². The van der Waals surface area contributed by atoms with E-state index in [1.807, 2.05) is 6.92 Å². The summed E-state index contributed by atoms with van der Waals surface area (Å²) in [6, 6.07) is 0. The number of hydrogen-bond donors (Lipinski definition) is 0. The van der Waals surface area contributed by atoms with Gasteiger partial charge in [-0.3, -0.25) is 0 Å². The molecule has 1 aliphatic rings. The van der Waals surface area contributed by atoms with Gasteiger partial charge in [-0.05, 0) is 26.2 Å². The third kappa shape index (κ3) is 1.16. The van der Waals surface area contributed by atoms with Crippen LogP contribution in [-0.2, 0) is 4.74 Å². The van der Waals surface area contributed by atoms with Crippen LogP contribution >= 0.6 is 0 Å². The summed E-state index contributed by atoms with van der Waals surface area (Å²) in [5, 5.41) is 0. The monoisotopic (exact) mass is 99.1 g/mol. The quantitative estimate of drug-likeness (QED) is 0.512. The molecule has 7 heavy (non-hydrogen) atoms. The molecule has 0 unspecified atom stereocenters. The van der Waals surface area contributed by atoms with Crippen molar-refractivity contribution in [2.75, 3.05) is 0 Å². The zero-order valence-electron chi connectivity index (χ0n) is 4.68. The summed E-state index contributed by atoms with van der Waals surface area (Å²) in [5.74, 6) is 0. The molecule has 1 aliphatic carbocycles. The zero-order valence-corrected chi connectivity index (χ0v) is 4.68. The van der Waals surface area contributed by atoms with E-state index in [2.05, 4.69) is 0 Å². The van der Waals surface area contributed by atoms with Gasteiger partial charge in [0, 0.05) is 0 Å². The highest BCUT2D eigenvalue weighted by Gasteiger charge is 2.16. The van der Waals surface area contributed by atoms with Crippen LogP contribution in [0.3, 0.4) is 0 Å². The van der Waals surface area contributed by atoms with Crippen molar-refractivity contribution in [1.29, 1.82) is 0 Å². The van der Waals surface area contributed by atoms with Gasteiger partial charge in [0.05, 0.1) is 12.7 Å². The Labute approximate surface area is 44.7 Å². The van der Waals surface area contributed by atoms with E-state index in [4.69, 9.17) is 4.74 Å². The topological polar surface area (TPSA) is 9.23 Å². The van der Waals surface area contributed by atoms with E-state index in [0.717, 1.165) is 0 Å². The molecule has 41 valence electrons. The molecule has 0 aliphatic heterocycles. The van der Waals surface area contributed by atoms with E-state index in [9.17, 15) is 0 Å². The lowest BCUT2D eigenvalue weighted by molar-refractivity contribution is 0.0467. The number of rotatable bonds is 2. The zero-order chi connectivity index (χ0) is 5.11. The van der Waals surface area contributed by atoms with Gasteiger partial charge in [0.15, 0.2) is 0 Å². The summed E-state index contributed by atoms with van der Waals surface area (Å²) in [4.78, 5) is 0. The Morgan fingerprint density at radius 1 is 1.57 bits per heavy atom. The predicted molar refractivity (Wildman–Crippen MR) is 28.7 cm³/mol. The van der Waals surface area contributed by atoms with Crippen LogP contribution in [-0.4, -0.2) is 6.10 Å². The first-order chi connectivity index (χ1) is 3.43. The van der Waals surface area contributed by atoms with Crippen LogP contribution in [0.15, 0.2) is 0 Å². The van der Waals surface area contributed by atoms with Crippen molar-refractivity contribution in [1.82, 2.24) is 0 Å². The fourth-order valence-corrected chi connectivity index (χ4v) is 0.699. The Morgan fingerprint density at radius 2 is 2.29 bits per heavy atom. The van der Waals surface area contributed by atoms with Crippen LogP contribution in [0.4, 0.5) is 0 Å². The second-order valence-electron chi connectivity index (χ2n) is 1.92. The molecule has 1 radical (unpaired) electrons. The molecule has 0 amide bonds. The van der Waals surface area contributed by atoms with Gasteiger partial charge >= 0.3 is 0 Å². The minimum atomic E-state index is 0.574. The summed E-state index contributed by atoms with van der Waals surface area (Å²) < 4.78 is 5.15. The van der Waals surface area contributed by atoms with Gasteiger partial charge in [0.2, 0.25) is 0 Å². The molecule has 0 spiro atoms. The number of ether oxygens (including phenoxy) is 1. The maximum atomic E-state index is 5.15. The van der Waals surface area contributed by atoms with Crippen molar-refractivity contribution < 1.29 is 4.74 Å². The van der Waals surface area contributed by atoms with Crippen molar-refractivity contribution in [2.45, 2.75) is 32.3 Å². The fraction of sp³-hybridized carbons (Fsp3) is 0.833. The maximum Gasteiger partial charge on any atom is 0.0809 e. The minimum absolute atomic E-state index is 0.574. The first kappa shape index (κ1) is 5.10. The van der Waals surface area contributed by atoms with E-state index in [0.29, 0.717) is 6.10 Å². The van der Waals surface area contributed by atoms with Gasteiger partial charge in [-0.25, -0.2) is 0 Å². The lowest BCUT2D eigenvalue weighted by Crippen LogP contribution is -2.19. The molecule has 1 heteroatoms. The average Bonchev–Trinajstić information content (AvgIpc) is 1.55. The van der Waals surface area contributed by atoms with Crippen molar-refractivity contribution in [3.8, 4) is 0 Å². The number of hydrogen-bond acceptors (Lipinski definition) is 1. The molecule has 0 atom stereocenters. The lowest BCUT2D eigenvalue weighted by Gasteiger charge is -2.24. The van der Waals surface area contributed by atoms with Gasteiger partial charge in [-0.2, -0.15) is 0 Å². The van der Waals surface area contributed by atoms with Crippen LogP contribution in [0, 0.1) is 6.61 Å². The first-order valence-electron chi connectivity index (χ1n) is 2.87. The van der Waals surface area contributed by atoms with Gasteiger partial charge < -0.3 is 4.74 Å². The van der Waals surface area contributed by atoms with E-state index in [1.54, 1.807) is 6.61 Å². The average molecular weight is 99.2 g/mol. The fourth-order valence-electron chi connectivity index (χ4n) is 0.699. The molecule has 0 aromatic carbocycles. The molecule has 1 saturated carbocycles. The van der Waals surface area contributed by atoms with Crippen LogP contribution in [0.1, 0.15) is 26.2 Å². The molecular formula is C6H11O. The van der Waals surface area contributed by atoms with Crippen LogP contribution in [0.5, 0.6) is 0 Å². The third-order valence-corrected chi connectivity index (χ3v) is 1.38. The van der Waals surface area contributed by atoms with Crippen LogP contribution in [0.25, 0.3) is 0 Å². The predicted octanol–water partition coefficient (Wildman–Crippen LogP) is 1.74. The van der Waals surface area contributed by atoms with Crippen LogP contribution in [0.2, 0.25) is 0 Å². The Kier molecular flexibility index (Phi) is 1.69. The van der Waals surface area contributed by atoms with Crippen molar-refractivity contribution in [2.24, 2.45) is 0 Å². The largest absolute Gasteiger partial charge is 0.373 e. The molecule has 0 aromatic rings. The Balaban J connectivity index is 1.93. The SMILES string of the molecule is C[CH]OC1CCC1. The normalized spacial score (nSPS) is 21.9. The Morgan fingerprint density at radius 3 is 2.43 bits per heavy atom. The standard InChI is InChI=1S/C6H11O/c1-2-7-6-4-3-5-6/h2,6H,3-5H2,1H3. The van der Waals surface area contributed by atoms with E-state index < -0.39 is 0 Å². The summed E-state index contributed by atoms with van der Waals surface area (Å²) in [6.07, 6.45) is 4.47. The Hall–Kier alpha value is -0.0400. The molecular weight excluding hydrogens is 88.1 g/mol. The summed E-state index contributed by atoms with van der Waals surface area (Å²) >= 11 is 0. The molecule has 0 aromatic heterocycles. The highest BCUT2D eigenvalue weighted by molar-refractivity contribution is 4.69. The van der Waals surface area contributed by atoms with Gasteiger partial charge in [-0.1, -0.05) is 0 Å². The summed E-state index contributed by atoms with van der Waals surface area (Å²) in [7, 11) is 0. The van der Waals surface area contributed by atoms with E-state index in [-0.39, 0.29) is 0 Å². The van der Waals surface area contributed by atoms with Crippen molar-refractivity contribution >= 4 is 0 Å². The van der Waals surface area contributed by atoms with Gasteiger partial charge in [0.1, 0.15) is 0 Å². The highest BCUT2D eigenvalue weighted by Crippen LogP contribution is 2.21. The smallest absolute Gasteiger partial charge is 0.0809 e. The van der Waals surface area contributed by atoms with Gasteiger partial charge in [0.25, 0.3) is 0 Å². The molecule has 1 nitrogen and oxygen atoms in total. The second kappa shape index (κ2) is 2.31. The third-order valence-electron chi connectivity index (χ3n) is 1.38. The minimum Gasteiger partial charge on any atom is -0.373 e. The van der Waals surface area contributed by atoms with E-state index >= 15 is 0 Å². The van der Waals surface area contributed by atoms with E-state index in [1.165, 1.54) is 19.3 Å². The molecule has 0 bridgehead atoms. The Bertz CT molecular complexity index is 48.1. The first-order valence-corrected chi connectivity index (χ1v) is 2.87.